The first-order valence-electron chi connectivity index (χ1n) is 25.7. The topological polar surface area (TPSA) is 323 Å². The fourth-order valence-electron chi connectivity index (χ4n) is 10.2. The van der Waals surface area contributed by atoms with Gasteiger partial charge in [0.25, 0.3) is 0 Å². The first-order chi connectivity index (χ1) is 36.1. The average Bonchev–Trinajstić information content (AvgIpc) is 4.08. The van der Waals surface area contributed by atoms with Crippen LogP contribution in [-0.4, -0.2) is 191 Å². The molecule has 1 aromatic heterocycles. The van der Waals surface area contributed by atoms with Crippen molar-refractivity contribution in [3.63, 3.8) is 0 Å². The number of rotatable bonds is 26. The second-order valence-electron chi connectivity index (χ2n) is 20.0. The van der Waals surface area contributed by atoms with Crippen molar-refractivity contribution in [1.82, 2.24) is 25.3 Å². The van der Waals surface area contributed by atoms with Crippen LogP contribution in [0, 0.1) is 17.8 Å². The van der Waals surface area contributed by atoms with E-state index in [9.17, 15) is 54.3 Å². The molecule has 422 valence electrons. The molecule has 5 rings (SSSR count). The molecule has 76 heavy (non-hydrogen) atoms. The van der Waals surface area contributed by atoms with Gasteiger partial charge in [-0.15, -0.1) is 0 Å². The van der Waals surface area contributed by atoms with E-state index in [2.05, 4.69) is 10.6 Å². The van der Waals surface area contributed by atoms with Gasteiger partial charge in [0.05, 0.1) is 61.7 Å². The van der Waals surface area contributed by atoms with Gasteiger partial charge in [-0.05, 0) is 48.4 Å². The maximum Gasteiger partial charge on any atom is 0.410 e. The summed E-state index contributed by atoms with van der Waals surface area (Å²) in [7, 11) is 5.88. The molecule has 3 heterocycles. The van der Waals surface area contributed by atoms with Crippen LogP contribution in [0.15, 0.2) is 52.9 Å². The molecule has 0 aliphatic carbocycles. The zero-order valence-electron chi connectivity index (χ0n) is 44.8. The van der Waals surface area contributed by atoms with E-state index in [1.807, 2.05) is 19.9 Å². The van der Waals surface area contributed by atoms with Gasteiger partial charge in [0.1, 0.15) is 60.2 Å². The smallest absolute Gasteiger partial charge is 0.410 e. The summed E-state index contributed by atoms with van der Waals surface area (Å²) in [4.78, 5) is 85.8. The van der Waals surface area contributed by atoms with Gasteiger partial charge in [-0.2, -0.15) is 0 Å². The summed E-state index contributed by atoms with van der Waals surface area (Å²) in [6.45, 7) is 7.92. The third-order valence-corrected chi connectivity index (χ3v) is 14.6. The van der Waals surface area contributed by atoms with E-state index in [4.69, 9.17) is 33.8 Å². The molecule has 0 bridgehead atoms. The number of hydrogen-bond acceptors (Lipinski definition) is 17. The van der Waals surface area contributed by atoms with Gasteiger partial charge in [0, 0.05) is 46.8 Å². The Balaban J connectivity index is 1.20. The van der Waals surface area contributed by atoms with Crippen molar-refractivity contribution in [2.24, 2.45) is 23.5 Å². The number of likely N-dealkylation sites (tertiary alicyclic amines) is 1. The minimum Gasteiger partial charge on any atom is -0.480 e. The second kappa shape index (κ2) is 27.9. The number of amides is 5. The van der Waals surface area contributed by atoms with Crippen LogP contribution in [0.2, 0.25) is 0 Å². The number of carboxylic acids is 1. The molecule has 2 aliphatic heterocycles. The molecule has 3 aromatic rings. The zero-order valence-corrected chi connectivity index (χ0v) is 44.8. The molecular weight excluding hydrogens is 993 g/mol. The molecule has 9 N–H and O–H groups in total. The highest BCUT2D eigenvalue weighted by atomic mass is 16.7. The molecule has 2 fully saturated rings. The van der Waals surface area contributed by atoms with Gasteiger partial charge >= 0.3 is 12.1 Å². The number of furan rings is 1. The molecular formula is C53H78N6O17. The molecule has 2 saturated heterocycles. The average molecular weight is 1070 g/mol. The Morgan fingerprint density at radius 1 is 0.921 bits per heavy atom. The molecule has 0 spiro atoms. The number of benzene rings is 2. The molecule has 23 nitrogen and oxygen atoms in total. The normalized spacial score (nSPS) is 22.4. The van der Waals surface area contributed by atoms with Crippen LogP contribution >= 0.6 is 0 Å². The Morgan fingerprint density at radius 3 is 2.22 bits per heavy atom. The predicted octanol–water partition coefficient (Wildman–Crippen LogP) is 1.51. The van der Waals surface area contributed by atoms with Crippen LogP contribution in [0.5, 0.6) is 5.75 Å². The third-order valence-electron chi connectivity index (χ3n) is 14.6. The lowest BCUT2D eigenvalue weighted by Gasteiger charge is -2.39. The van der Waals surface area contributed by atoms with Crippen LogP contribution < -0.4 is 21.1 Å². The van der Waals surface area contributed by atoms with E-state index in [0.29, 0.717) is 42.5 Å². The van der Waals surface area contributed by atoms with Gasteiger partial charge < -0.3 is 79.8 Å². The standard InChI is InChI=1S/C53H78N6O17/c1-10-29(4)43(38(71-8)23-40(61)59-20-14-17-36(59)47(72-9)30(5)49(66)56-35(51(68)69)21-31-15-12-11-13-16-31)57(6)41(62)25-55-50(67)42(28(2)3)58(7)53(70)73-27-32-18-19-37(34-22-33(24-54)74-48(32)34)75-52-46(65)45(64)44(63)39(26-60)76-52/h11-13,15-16,18-19,22,28-30,35-36,38-39,42-47,52,60,63-65H,10,14,17,20-21,23-27,54H2,1-9H3,(H,55,67)(H,56,66)(H,68,69)/t29?,30-,35?,36+,38-,39-,42+,43+,44+,45+,46-,47-,52-/m1/s1. The number of aliphatic hydroxyl groups is 4. The monoisotopic (exact) mass is 1070 g/mol. The number of methoxy groups -OCH3 is 2. The third kappa shape index (κ3) is 14.6. The lowest BCUT2D eigenvalue weighted by Crippen LogP contribution is -2.60. The quantitative estimate of drug-likeness (QED) is 0.0565. The highest BCUT2D eigenvalue weighted by molar-refractivity contribution is 5.90. The number of carboxylic acid groups (broad SMARTS) is 1. The van der Waals surface area contributed by atoms with Crippen LogP contribution in [-0.2, 0) is 62.5 Å². The fourth-order valence-corrected chi connectivity index (χ4v) is 10.2. The number of nitrogens with one attached hydrogen (secondary N) is 2. The molecule has 2 aliphatic rings. The Labute approximate surface area is 442 Å². The summed E-state index contributed by atoms with van der Waals surface area (Å²) >= 11 is 0. The van der Waals surface area contributed by atoms with Crippen LogP contribution in [0.4, 0.5) is 4.79 Å². The summed E-state index contributed by atoms with van der Waals surface area (Å²) < 4.78 is 34.8. The lowest BCUT2D eigenvalue weighted by molar-refractivity contribution is -0.277. The number of carbonyl (C=O) groups is 6. The van der Waals surface area contributed by atoms with Gasteiger partial charge in [0.2, 0.25) is 29.9 Å². The molecule has 2 unspecified atom stereocenters. The number of hydrogen-bond donors (Lipinski definition) is 8. The first kappa shape index (κ1) is 60.9. The molecule has 0 radical (unpaired) electrons. The summed E-state index contributed by atoms with van der Waals surface area (Å²) in [5, 5.41) is 56.3. The minimum atomic E-state index is -1.68. The summed E-state index contributed by atoms with van der Waals surface area (Å²) in [6.07, 6.45) is -8.31. The van der Waals surface area contributed by atoms with E-state index >= 15 is 0 Å². The number of aliphatic hydroxyl groups excluding tert-OH is 4. The maximum absolute atomic E-state index is 14.3. The van der Waals surface area contributed by atoms with Crippen LogP contribution in [0.3, 0.4) is 0 Å². The predicted molar refractivity (Wildman–Crippen MR) is 274 cm³/mol. The van der Waals surface area contributed by atoms with Crippen molar-refractivity contribution < 1.29 is 82.4 Å². The number of nitrogens with two attached hydrogens (primary N) is 1. The number of fused-ring (bicyclic) bond motifs is 1. The lowest BCUT2D eigenvalue weighted by atomic mass is 9.90. The van der Waals surface area contributed by atoms with Crippen molar-refractivity contribution in [1.29, 1.82) is 0 Å². The van der Waals surface area contributed by atoms with E-state index in [-0.39, 0.29) is 49.2 Å². The molecule has 0 saturated carbocycles. The van der Waals surface area contributed by atoms with Crippen molar-refractivity contribution in [3.8, 4) is 5.75 Å². The summed E-state index contributed by atoms with van der Waals surface area (Å²) in [5.41, 5.74) is 7.21. The number of aliphatic carboxylic acids is 1. The van der Waals surface area contributed by atoms with Crippen LogP contribution in [0.25, 0.3) is 11.0 Å². The SMILES string of the molecule is CCC(C)[C@@H]([C@@H](CC(=O)N1CCC[C@H]1[C@H](OC)[C@@H](C)C(=O)NC(Cc1ccccc1)C(=O)O)OC)N(C)C(=O)CNC(=O)[C@H](C(C)C)N(C)C(=O)OCc1ccc(O[C@@H]2O[C@H](CO)[C@H](O)[C@H](O)[C@H]2O)c2cc(CN)oc12. The number of carbonyl (C=O) groups excluding carboxylic acids is 5. The Hall–Kier alpha value is -5.92. The number of ether oxygens (including phenoxy) is 5. The van der Waals surface area contributed by atoms with E-state index < -0.39 is 122 Å². The van der Waals surface area contributed by atoms with Crippen molar-refractivity contribution >= 4 is 46.7 Å². The van der Waals surface area contributed by atoms with Crippen molar-refractivity contribution in [3.05, 3.63) is 65.4 Å². The molecule has 5 amide bonds. The minimum absolute atomic E-state index is 0.0138. The van der Waals surface area contributed by atoms with Gasteiger partial charge in [-0.3, -0.25) is 24.1 Å². The second-order valence-corrected chi connectivity index (χ2v) is 20.0. The molecule has 13 atom stereocenters. The highest BCUT2D eigenvalue weighted by Crippen LogP contribution is 2.35. The van der Waals surface area contributed by atoms with E-state index in [0.717, 1.165) is 10.5 Å². The van der Waals surface area contributed by atoms with Crippen molar-refractivity contribution in [2.45, 2.75) is 147 Å². The highest BCUT2D eigenvalue weighted by Gasteiger charge is 2.46. The summed E-state index contributed by atoms with van der Waals surface area (Å²) in [6, 6.07) is 10.2. The summed E-state index contributed by atoms with van der Waals surface area (Å²) in [5.74, 6) is -4.08. The van der Waals surface area contributed by atoms with Gasteiger partial charge in [0.15, 0.2) is 0 Å². The zero-order chi connectivity index (χ0) is 56.1. The first-order valence-corrected chi connectivity index (χ1v) is 25.7. The Bertz CT molecular complexity index is 2420. The van der Waals surface area contributed by atoms with Crippen molar-refractivity contribution in [2.75, 3.05) is 48.0 Å². The Kier molecular flexibility index (Phi) is 22.4. The van der Waals surface area contributed by atoms with E-state index in [1.54, 1.807) is 63.1 Å². The maximum atomic E-state index is 14.3. The van der Waals surface area contributed by atoms with Crippen LogP contribution in [0.1, 0.15) is 77.2 Å². The van der Waals surface area contributed by atoms with Gasteiger partial charge in [-0.1, -0.05) is 71.4 Å². The largest absolute Gasteiger partial charge is 0.480 e. The molecule has 23 heteroatoms. The number of nitrogens with zero attached hydrogens (tertiary/aromatic N) is 3. The number of likely N-dealkylation sites (N-methyl/N-ethyl adjacent to an activating group) is 2. The van der Waals surface area contributed by atoms with E-state index in [1.165, 1.54) is 38.3 Å². The molecule has 2 aromatic carbocycles. The van der Waals surface area contributed by atoms with Gasteiger partial charge in [-0.25, -0.2) is 9.59 Å². The fraction of sp³-hybridized carbons (Fsp3) is 0.623. The Morgan fingerprint density at radius 2 is 1.62 bits per heavy atom.